The summed E-state index contributed by atoms with van der Waals surface area (Å²) in [6.45, 7) is 2.00. The molecule has 4 heteroatoms. The molecule has 110 valence electrons. The number of hydrogen-bond donors (Lipinski definition) is 1. The quantitative estimate of drug-likeness (QED) is 0.927. The van der Waals surface area contributed by atoms with E-state index in [0.717, 1.165) is 11.1 Å². The number of sulfone groups is 1. The fourth-order valence-electron chi connectivity index (χ4n) is 2.98. The molecule has 3 nitrogen and oxygen atoms in total. The van der Waals surface area contributed by atoms with Gasteiger partial charge >= 0.3 is 0 Å². The molecule has 2 aromatic carbocycles. The molecule has 0 saturated heterocycles. The summed E-state index contributed by atoms with van der Waals surface area (Å²) < 4.78 is 24.3. The summed E-state index contributed by atoms with van der Waals surface area (Å²) in [5.41, 5.74) is 1.57. The monoisotopic (exact) mass is 302 g/mol. The molecule has 21 heavy (non-hydrogen) atoms. The van der Waals surface area contributed by atoms with Crippen molar-refractivity contribution in [2.45, 2.75) is 30.3 Å². The van der Waals surface area contributed by atoms with Crippen molar-refractivity contribution in [1.29, 1.82) is 0 Å². The van der Waals surface area contributed by atoms with Crippen molar-refractivity contribution in [3.63, 3.8) is 0 Å². The standard InChI is InChI=1S/C17H18O3S/c1-13-6-2-3-7-14(13)12-17(18)10-11-21(19,20)16-9-5-4-8-15(16)17/h2-9,18H,10-12H2,1H3. The zero-order valence-electron chi connectivity index (χ0n) is 11.9. The Kier molecular flexibility index (Phi) is 3.38. The van der Waals surface area contributed by atoms with Crippen LogP contribution in [0, 0.1) is 6.92 Å². The molecule has 1 aliphatic heterocycles. The van der Waals surface area contributed by atoms with E-state index in [1.807, 2.05) is 31.2 Å². The van der Waals surface area contributed by atoms with Gasteiger partial charge in [-0.1, -0.05) is 42.5 Å². The van der Waals surface area contributed by atoms with Crippen LogP contribution in [0.2, 0.25) is 0 Å². The first-order valence-corrected chi connectivity index (χ1v) is 8.67. The number of aryl methyl sites for hydroxylation is 1. The Morgan fingerprint density at radius 1 is 1.10 bits per heavy atom. The number of hydrogen-bond acceptors (Lipinski definition) is 3. The minimum Gasteiger partial charge on any atom is -0.385 e. The van der Waals surface area contributed by atoms with Gasteiger partial charge in [-0.15, -0.1) is 0 Å². The molecule has 1 unspecified atom stereocenters. The lowest BCUT2D eigenvalue weighted by Crippen LogP contribution is -2.37. The van der Waals surface area contributed by atoms with Gasteiger partial charge in [0, 0.05) is 12.0 Å². The summed E-state index contributed by atoms with van der Waals surface area (Å²) in [4.78, 5) is 0.271. The molecule has 0 radical (unpaired) electrons. The van der Waals surface area contributed by atoms with Crippen molar-refractivity contribution >= 4 is 9.84 Å². The molecule has 0 aromatic heterocycles. The maximum Gasteiger partial charge on any atom is 0.178 e. The molecule has 1 atom stereocenters. The van der Waals surface area contributed by atoms with Crippen molar-refractivity contribution in [3.8, 4) is 0 Å². The van der Waals surface area contributed by atoms with Gasteiger partial charge < -0.3 is 5.11 Å². The number of fused-ring (bicyclic) bond motifs is 1. The van der Waals surface area contributed by atoms with Crippen LogP contribution in [0.1, 0.15) is 23.1 Å². The smallest absolute Gasteiger partial charge is 0.178 e. The molecule has 1 aliphatic rings. The molecule has 3 rings (SSSR count). The van der Waals surface area contributed by atoms with E-state index < -0.39 is 15.4 Å². The van der Waals surface area contributed by atoms with Gasteiger partial charge in [-0.2, -0.15) is 0 Å². The average Bonchev–Trinajstić information content (AvgIpc) is 2.47. The van der Waals surface area contributed by atoms with Crippen LogP contribution < -0.4 is 0 Å². The van der Waals surface area contributed by atoms with Crippen molar-refractivity contribution < 1.29 is 13.5 Å². The van der Waals surface area contributed by atoms with Crippen LogP contribution >= 0.6 is 0 Å². The highest BCUT2D eigenvalue weighted by Crippen LogP contribution is 2.39. The average molecular weight is 302 g/mol. The molecular weight excluding hydrogens is 284 g/mol. The van der Waals surface area contributed by atoms with Crippen LogP contribution in [-0.2, 0) is 21.9 Å². The SMILES string of the molecule is Cc1ccccc1CC1(O)CCS(=O)(=O)c2ccccc21. The van der Waals surface area contributed by atoms with E-state index in [1.165, 1.54) is 0 Å². The maximum absolute atomic E-state index is 12.2. The Labute approximate surface area is 125 Å². The number of aliphatic hydroxyl groups is 1. The van der Waals surface area contributed by atoms with E-state index in [4.69, 9.17) is 0 Å². The highest BCUT2D eigenvalue weighted by Gasteiger charge is 2.40. The van der Waals surface area contributed by atoms with E-state index in [-0.39, 0.29) is 17.1 Å². The Morgan fingerprint density at radius 2 is 1.76 bits per heavy atom. The molecule has 0 saturated carbocycles. The van der Waals surface area contributed by atoms with Gasteiger partial charge in [-0.3, -0.25) is 0 Å². The second-order valence-corrected chi connectivity index (χ2v) is 7.78. The van der Waals surface area contributed by atoms with E-state index in [2.05, 4.69) is 0 Å². The third-order valence-electron chi connectivity index (χ3n) is 4.25. The van der Waals surface area contributed by atoms with Crippen molar-refractivity contribution in [1.82, 2.24) is 0 Å². The van der Waals surface area contributed by atoms with Crippen molar-refractivity contribution in [2.24, 2.45) is 0 Å². The van der Waals surface area contributed by atoms with Crippen molar-refractivity contribution in [2.75, 3.05) is 5.75 Å². The Bertz CT molecular complexity index is 780. The number of benzene rings is 2. The summed E-state index contributed by atoms with van der Waals surface area (Å²) in [5, 5.41) is 11.1. The molecule has 0 spiro atoms. The normalized spacial score (nSPS) is 23.5. The zero-order valence-corrected chi connectivity index (χ0v) is 12.7. The summed E-state index contributed by atoms with van der Waals surface area (Å²) in [6, 6.07) is 14.7. The summed E-state index contributed by atoms with van der Waals surface area (Å²) in [6.07, 6.45) is 0.673. The maximum atomic E-state index is 12.2. The predicted octanol–water partition coefficient (Wildman–Crippen LogP) is 2.60. The fourth-order valence-corrected chi connectivity index (χ4v) is 4.68. The predicted molar refractivity (Wildman–Crippen MR) is 81.9 cm³/mol. The lowest BCUT2D eigenvalue weighted by molar-refractivity contribution is 0.0281. The molecular formula is C17H18O3S. The largest absolute Gasteiger partial charge is 0.385 e. The number of rotatable bonds is 2. The first kappa shape index (κ1) is 14.3. The van der Waals surface area contributed by atoms with Gasteiger partial charge in [0.05, 0.1) is 16.2 Å². The molecule has 0 aliphatic carbocycles. The summed E-state index contributed by atoms with van der Waals surface area (Å²) in [5.74, 6) is -0.00755. The third kappa shape index (κ3) is 2.49. The fraction of sp³-hybridized carbons (Fsp3) is 0.294. The van der Waals surface area contributed by atoms with E-state index in [0.29, 0.717) is 12.0 Å². The van der Waals surface area contributed by atoms with E-state index >= 15 is 0 Å². The highest BCUT2D eigenvalue weighted by molar-refractivity contribution is 7.91. The third-order valence-corrected chi connectivity index (χ3v) is 6.02. The van der Waals surface area contributed by atoms with Crippen LogP contribution in [-0.4, -0.2) is 19.3 Å². The second kappa shape index (κ2) is 4.97. The molecule has 0 fully saturated rings. The second-order valence-electron chi connectivity index (χ2n) is 5.70. The van der Waals surface area contributed by atoms with E-state index in [9.17, 15) is 13.5 Å². The Morgan fingerprint density at radius 3 is 2.52 bits per heavy atom. The first-order chi connectivity index (χ1) is 9.92. The van der Waals surface area contributed by atoms with Crippen LogP contribution in [0.25, 0.3) is 0 Å². The molecule has 1 N–H and O–H groups in total. The van der Waals surface area contributed by atoms with Crippen LogP contribution in [0.15, 0.2) is 53.4 Å². The van der Waals surface area contributed by atoms with Crippen molar-refractivity contribution in [3.05, 3.63) is 65.2 Å². The first-order valence-electron chi connectivity index (χ1n) is 7.02. The van der Waals surface area contributed by atoms with Gasteiger partial charge in [0.15, 0.2) is 9.84 Å². The van der Waals surface area contributed by atoms with Gasteiger partial charge in [0.25, 0.3) is 0 Å². The van der Waals surface area contributed by atoms with Crippen LogP contribution in [0.3, 0.4) is 0 Å². The van der Waals surface area contributed by atoms with Gasteiger partial charge in [-0.05, 0) is 30.5 Å². The minimum atomic E-state index is -3.28. The van der Waals surface area contributed by atoms with Gasteiger partial charge in [-0.25, -0.2) is 8.42 Å². The van der Waals surface area contributed by atoms with Crippen LogP contribution in [0.5, 0.6) is 0 Å². The Balaban J connectivity index is 2.09. The topological polar surface area (TPSA) is 54.4 Å². The molecule has 0 bridgehead atoms. The summed E-state index contributed by atoms with van der Waals surface area (Å²) >= 11 is 0. The lowest BCUT2D eigenvalue weighted by atomic mass is 9.83. The van der Waals surface area contributed by atoms with Gasteiger partial charge in [0.1, 0.15) is 0 Å². The molecule has 0 amide bonds. The Hall–Kier alpha value is -1.65. The lowest BCUT2D eigenvalue weighted by Gasteiger charge is -2.34. The highest BCUT2D eigenvalue weighted by atomic mass is 32.2. The van der Waals surface area contributed by atoms with E-state index in [1.54, 1.807) is 24.3 Å². The minimum absolute atomic E-state index is 0.00755. The zero-order chi connectivity index (χ0) is 15.1. The van der Waals surface area contributed by atoms with Gasteiger partial charge in [0.2, 0.25) is 0 Å². The molecule has 2 aromatic rings. The molecule has 1 heterocycles. The summed E-state index contributed by atoms with van der Waals surface area (Å²) in [7, 11) is -3.28. The van der Waals surface area contributed by atoms with Crippen LogP contribution in [0.4, 0.5) is 0 Å².